The average Bonchev–Trinajstić information content (AvgIpc) is 3.02. The van der Waals surface area contributed by atoms with Crippen molar-refractivity contribution >= 4 is 17.4 Å². The van der Waals surface area contributed by atoms with Crippen molar-refractivity contribution in [2.45, 2.75) is 57.7 Å². The number of para-hydroxylation sites is 1. The van der Waals surface area contributed by atoms with E-state index in [1.807, 2.05) is 6.92 Å². The molecule has 2 unspecified atom stereocenters. The maximum atomic E-state index is 13.0. The smallest absolute Gasteiger partial charge is 0.224 e. The van der Waals surface area contributed by atoms with Gasteiger partial charge in [0, 0.05) is 17.8 Å². The number of phenols is 2. The van der Waals surface area contributed by atoms with E-state index in [-0.39, 0.29) is 58.3 Å². The predicted octanol–water partition coefficient (Wildman–Crippen LogP) is 3.54. The lowest BCUT2D eigenvalue weighted by molar-refractivity contribution is -0.169. The summed E-state index contributed by atoms with van der Waals surface area (Å²) in [4.78, 5) is 25.6. The van der Waals surface area contributed by atoms with Crippen molar-refractivity contribution in [1.82, 2.24) is 0 Å². The third-order valence-electron chi connectivity index (χ3n) is 8.07. The molecule has 29 heavy (non-hydrogen) atoms. The van der Waals surface area contributed by atoms with E-state index in [0.717, 1.165) is 19.3 Å². The number of phenolic OH excluding ortho intramolecular Hbond substituents is 2. The molecule has 2 aliphatic heterocycles. The zero-order valence-electron chi connectivity index (χ0n) is 16.8. The summed E-state index contributed by atoms with van der Waals surface area (Å²) >= 11 is 0. The summed E-state index contributed by atoms with van der Waals surface area (Å²) in [5.74, 6) is -0.00475. The van der Waals surface area contributed by atoms with Crippen LogP contribution in [-0.2, 0) is 14.3 Å². The number of benzene rings is 1. The molecule has 154 valence electrons. The Morgan fingerprint density at radius 1 is 1.28 bits per heavy atom. The first-order valence-corrected chi connectivity index (χ1v) is 10.4. The largest absolute Gasteiger partial charge is 0.506 e. The Bertz CT molecular complexity index is 921. The number of nitrogens with one attached hydrogen (secondary N) is 1. The van der Waals surface area contributed by atoms with Gasteiger partial charge < -0.3 is 20.3 Å². The first-order chi connectivity index (χ1) is 13.7. The molecule has 1 amide bonds. The number of amides is 1. The van der Waals surface area contributed by atoms with Crippen LogP contribution >= 0.6 is 0 Å². The Balaban J connectivity index is 1.36. The summed E-state index contributed by atoms with van der Waals surface area (Å²) in [6, 6.07) is 4.30. The van der Waals surface area contributed by atoms with Crippen molar-refractivity contribution in [3.05, 3.63) is 30.4 Å². The van der Waals surface area contributed by atoms with Crippen molar-refractivity contribution in [2.24, 2.45) is 22.7 Å². The molecular weight excluding hydrogens is 370 g/mol. The molecule has 6 rings (SSSR count). The minimum Gasteiger partial charge on any atom is -0.506 e. The molecule has 1 spiro atoms. The molecule has 3 aliphatic carbocycles. The van der Waals surface area contributed by atoms with Crippen LogP contribution < -0.4 is 5.32 Å². The highest BCUT2D eigenvalue weighted by atomic mass is 16.5. The average molecular weight is 397 g/mol. The van der Waals surface area contributed by atoms with E-state index in [1.54, 1.807) is 6.08 Å². The van der Waals surface area contributed by atoms with Gasteiger partial charge in [0.15, 0.2) is 5.78 Å². The molecule has 1 aromatic rings. The van der Waals surface area contributed by atoms with Crippen LogP contribution in [0.1, 0.15) is 46.0 Å². The Hall–Kier alpha value is -2.34. The fraction of sp³-hybridized carbons (Fsp3) is 0.565. The molecule has 6 heteroatoms. The van der Waals surface area contributed by atoms with Crippen molar-refractivity contribution in [1.29, 1.82) is 0 Å². The summed E-state index contributed by atoms with van der Waals surface area (Å²) in [5, 5.41) is 22.4. The van der Waals surface area contributed by atoms with Crippen LogP contribution in [0.3, 0.4) is 0 Å². The number of carbonyl (C=O) groups excluding carboxylic acids is 2. The number of hydrogen-bond donors (Lipinski definition) is 3. The lowest BCUT2D eigenvalue weighted by Crippen LogP contribution is -2.56. The molecule has 5 aliphatic rings. The summed E-state index contributed by atoms with van der Waals surface area (Å²) < 4.78 is 6.43. The SMILES string of the molecule is C[C@@]12C[C@@]34C=CC(=O)[C@@](C)(CCC(=O)Nc5c(O)cccc5O)C3[C@H](CC1C4)O2. The first kappa shape index (κ1) is 18.7. The van der Waals surface area contributed by atoms with Crippen LogP contribution in [0, 0.1) is 22.7 Å². The van der Waals surface area contributed by atoms with Gasteiger partial charge in [-0.15, -0.1) is 0 Å². The maximum absolute atomic E-state index is 13.0. The Labute approximate surface area is 169 Å². The minimum absolute atomic E-state index is 0.00313. The summed E-state index contributed by atoms with van der Waals surface area (Å²) in [6.45, 7) is 4.18. The van der Waals surface area contributed by atoms with Crippen LogP contribution in [0.5, 0.6) is 11.5 Å². The molecule has 6 nitrogen and oxygen atoms in total. The molecule has 0 radical (unpaired) electrons. The number of allylic oxidation sites excluding steroid dienone is 2. The van der Waals surface area contributed by atoms with Gasteiger partial charge in [0.2, 0.25) is 5.91 Å². The second-order valence-electron chi connectivity index (χ2n) is 9.83. The molecule has 2 saturated heterocycles. The van der Waals surface area contributed by atoms with E-state index in [0.29, 0.717) is 12.3 Å². The van der Waals surface area contributed by atoms with E-state index < -0.39 is 5.41 Å². The van der Waals surface area contributed by atoms with Crippen molar-refractivity contribution in [2.75, 3.05) is 5.32 Å². The van der Waals surface area contributed by atoms with E-state index >= 15 is 0 Å². The van der Waals surface area contributed by atoms with Gasteiger partial charge in [-0.05, 0) is 62.1 Å². The molecule has 4 bridgehead atoms. The van der Waals surface area contributed by atoms with Crippen LogP contribution in [0.15, 0.2) is 30.4 Å². The lowest BCUT2D eigenvalue weighted by Gasteiger charge is -2.55. The molecule has 2 saturated carbocycles. The fourth-order valence-electron chi connectivity index (χ4n) is 6.87. The fourth-order valence-corrected chi connectivity index (χ4v) is 6.87. The molecule has 6 atom stereocenters. The standard InChI is InChI=1S/C23H27NO5/c1-21(8-7-18(28)24-19-14(25)4-3-5-15(19)26)17(27)6-9-23-11-13-10-16(20(21)23)29-22(13,2)12-23/h3-6,9,13,16,20,25-26H,7-8,10-12H2,1-2H3,(H,24,28)/t13?,16-,20?,21+,22+,23-/m0/s1. The van der Waals surface area contributed by atoms with E-state index in [2.05, 4.69) is 18.3 Å². The lowest BCUT2D eigenvalue weighted by atomic mass is 9.51. The predicted molar refractivity (Wildman–Crippen MR) is 106 cm³/mol. The van der Waals surface area contributed by atoms with E-state index in [4.69, 9.17) is 4.74 Å². The number of hydrogen-bond acceptors (Lipinski definition) is 5. The Morgan fingerprint density at radius 3 is 2.69 bits per heavy atom. The van der Waals surface area contributed by atoms with Crippen LogP contribution in [-0.4, -0.2) is 33.6 Å². The van der Waals surface area contributed by atoms with Gasteiger partial charge in [0.1, 0.15) is 17.2 Å². The van der Waals surface area contributed by atoms with Crippen molar-refractivity contribution in [3.8, 4) is 11.5 Å². The highest BCUT2D eigenvalue weighted by Gasteiger charge is 2.71. The highest BCUT2D eigenvalue weighted by molar-refractivity contribution is 5.98. The molecule has 3 N–H and O–H groups in total. The summed E-state index contributed by atoms with van der Waals surface area (Å²) in [7, 11) is 0. The zero-order valence-corrected chi connectivity index (χ0v) is 16.8. The van der Waals surface area contributed by atoms with Gasteiger partial charge in [-0.25, -0.2) is 0 Å². The first-order valence-electron chi connectivity index (χ1n) is 10.4. The highest BCUT2D eigenvalue weighted by Crippen LogP contribution is 2.71. The molecule has 4 fully saturated rings. The van der Waals surface area contributed by atoms with E-state index in [1.165, 1.54) is 18.2 Å². The normalized spacial score (nSPS) is 41.6. The Kier molecular flexibility index (Phi) is 3.77. The number of aromatic hydroxyl groups is 2. The zero-order chi connectivity index (χ0) is 20.6. The number of rotatable bonds is 4. The van der Waals surface area contributed by atoms with Gasteiger partial charge in [-0.2, -0.15) is 0 Å². The quantitative estimate of drug-likeness (QED) is 0.676. The minimum atomic E-state index is -0.659. The topological polar surface area (TPSA) is 95.9 Å². The third-order valence-corrected chi connectivity index (χ3v) is 8.07. The Morgan fingerprint density at radius 2 is 2.00 bits per heavy atom. The second-order valence-corrected chi connectivity index (χ2v) is 9.83. The monoisotopic (exact) mass is 397 g/mol. The van der Waals surface area contributed by atoms with Gasteiger partial charge in [0.05, 0.1) is 11.7 Å². The van der Waals surface area contributed by atoms with E-state index in [9.17, 15) is 19.8 Å². The summed E-state index contributed by atoms with van der Waals surface area (Å²) in [5.41, 5.74) is -0.737. The van der Waals surface area contributed by atoms with Crippen molar-refractivity contribution in [3.63, 3.8) is 0 Å². The van der Waals surface area contributed by atoms with Crippen LogP contribution in [0.4, 0.5) is 5.69 Å². The second kappa shape index (κ2) is 5.85. The summed E-state index contributed by atoms with van der Waals surface area (Å²) in [6.07, 6.45) is 7.47. The molecule has 0 aromatic heterocycles. The van der Waals surface area contributed by atoms with Gasteiger partial charge in [-0.3, -0.25) is 9.59 Å². The number of anilines is 1. The van der Waals surface area contributed by atoms with Gasteiger partial charge >= 0.3 is 0 Å². The third kappa shape index (κ3) is 2.51. The van der Waals surface area contributed by atoms with Crippen molar-refractivity contribution < 1.29 is 24.5 Å². The number of ether oxygens (including phenoxy) is 1. The van der Waals surface area contributed by atoms with Gasteiger partial charge in [-0.1, -0.05) is 19.1 Å². The number of carbonyl (C=O) groups is 2. The number of ketones is 1. The van der Waals surface area contributed by atoms with Crippen LogP contribution in [0.2, 0.25) is 0 Å². The molecule has 1 aromatic carbocycles. The molecular formula is C23H27NO5. The maximum Gasteiger partial charge on any atom is 0.224 e. The molecule has 2 heterocycles. The van der Waals surface area contributed by atoms with Gasteiger partial charge in [0.25, 0.3) is 0 Å². The van der Waals surface area contributed by atoms with Crippen LogP contribution in [0.25, 0.3) is 0 Å².